The Labute approximate surface area is 74.8 Å². The summed E-state index contributed by atoms with van der Waals surface area (Å²) in [5, 5.41) is 17.5. The van der Waals surface area contributed by atoms with Crippen molar-refractivity contribution >= 4 is 5.91 Å². The molecule has 0 aliphatic carbocycles. The number of hydrogen-bond acceptors (Lipinski definition) is 3. The van der Waals surface area contributed by atoms with Crippen molar-refractivity contribution in [2.75, 3.05) is 0 Å². The summed E-state index contributed by atoms with van der Waals surface area (Å²) in [7, 11) is 0. The first-order valence-electron chi connectivity index (χ1n) is 3.43. The average Bonchev–Trinajstić information content (AvgIpc) is 2.16. The van der Waals surface area contributed by atoms with Gasteiger partial charge in [0.15, 0.2) is 0 Å². The van der Waals surface area contributed by atoms with Crippen molar-refractivity contribution in [3.8, 4) is 18.1 Å². The molecule has 1 amide bonds. The minimum Gasteiger partial charge on any atom is -0.507 e. The van der Waals surface area contributed by atoms with Crippen molar-refractivity contribution < 1.29 is 15.1 Å². The van der Waals surface area contributed by atoms with Gasteiger partial charge in [-0.3, -0.25) is 10.0 Å². The van der Waals surface area contributed by atoms with Gasteiger partial charge in [-0.05, 0) is 18.2 Å². The lowest BCUT2D eigenvalue weighted by Gasteiger charge is -2.01. The quantitative estimate of drug-likeness (QED) is 0.332. The molecule has 3 N–H and O–H groups in total. The molecule has 0 saturated heterocycles. The summed E-state index contributed by atoms with van der Waals surface area (Å²) in [5.41, 5.74) is 1.85. The zero-order valence-electron chi connectivity index (χ0n) is 6.61. The van der Waals surface area contributed by atoms with E-state index in [0.717, 1.165) is 0 Å². The number of phenols is 1. The lowest BCUT2D eigenvalue weighted by molar-refractivity contribution is 0.0703. The molecule has 0 heterocycles. The second-order valence-electron chi connectivity index (χ2n) is 2.32. The molecule has 4 nitrogen and oxygen atoms in total. The summed E-state index contributed by atoms with van der Waals surface area (Å²) < 4.78 is 0. The lowest BCUT2D eigenvalue weighted by Crippen LogP contribution is -2.18. The monoisotopic (exact) mass is 177 g/mol. The number of phenolic OH excluding ortho intramolecular Hbond substituents is 1. The predicted molar refractivity (Wildman–Crippen MR) is 45.3 cm³/mol. The van der Waals surface area contributed by atoms with Crippen molar-refractivity contribution in [3.05, 3.63) is 29.3 Å². The van der Waals surface area contributed by atoms with Crippen LogP contribution in [0.3, 0.4) is 0 Å². The van der Waals surface area contributed by atoms with E-state index in [9.17, 15) is 9.90 Å². The van der Waals surface area contributed by atoms with Gasteiger partial charge >= 0.3 is 0 Å². The molecule has 0 aromatic heterocycles. The summed E-state index contributed by atoms with van der Waals surface area (Å²) >= 11 is 0. The van der Waals surface area contributed by atoms with Gasteiger partial charge in [-0.2, -0.15) is 0 Å². The molecule has 1 aromatic rings. The van der Waals surface area contributed by atoms with Crippen molar-refractivity contribution in [1.82, 2.24) is 5.48 Å². The van der Waals surface area contributed by atoms with E-state index in [1.165, 1.54) is 23.7 Å². The Balaban J connectivity index is 3.14. The number of nitrogens with one attached hydrogen (secondary N) is 1. The van der Waals surface area contributed by atoms with Crippen LogP contribution >= 0.6 is 0 Å². The summed E-state index contributed by atoms with van der Waals surface area (Å²) in [6.45, 7) is 0. The minimum atomic E-state index is -0.777. The highest BCUT2D eigenvalue weighted by Gasteiger charge is 2.09. The van der Waals surface area contributed by atoms with Crippen molar-refractivity contribution in [2.45, 2.75) is 0 Å². The summed E-state index contributed by atoms with van der Waals surface area (Å²) in [6, 6.07) is 4.09. The highest BCUT2D eigenvalue weighted by atomic mass is 16.5. The number of aromatic hydroxyl groups is 1. The maximum atomic E-state index is 10.9. The molecule has 13 heavy (non-hydrogen) atoms. The van der Waals surface area contributed by atoms with Gasteiger partial charge in [0, 0.05) is 5.56 Å². The van der Waals surface area contributed by atoms with Crippen LogP contribution in [0, 0.1) is 12.3 Å². The molecule has 0 aliphatic rings. The van der Waals surface area contributed by atoms with Crippen molar-refractivity contribution in [3.63, 3.8) is 0 Å². The molecule has 4 heteroatoms. The first kappa shape index (κ1) is 9.10. The zero-order chi connectivity index (χ0) is 9.84. The van der Waals surface area contributed by atoms with Gasteiger partial charge in [0.25, 0.3) is 5.91 Å². The molecule has 0 saturated carbocycles. The van der Waals surface area contributed by atoms with E-state index in [0.29, 0.717) is 5.56 Å². The van der Waals surface area contributed by atoms with E-state index in [1.54, 1.807) is 0 Å². The van der Waals surface area contributed by atoms with Gasteiger partial charge in [0.1, 0.15) is 5.75 Å². The van der Waals surface area contributed by atoms with Crippen molar-refractivity contribution in [1.29, 1.82) is 0 Å². The molecule has 0 radical (unpaired) electrons. The van der Waals surface area contributed by atoms with Crippen LogP contribution in [-0.4, -0.2) is 16.2 Å². The minimum absolute atomic E-state index is 0.0264. The maximum absolute atomic E-state index is 10.9. The summed E-state index contributed by atoms with van der Waals surface area (Å²) in [6.07, 6.45) is 5.07. The fourth-order valence-corrected chi connectivity index (χ4v) is 0.874. The predicted octanol–water partition coefficient (Wildman–Crippen LogP) is 0.492. The molecule has 0 bridgehead atoms. The van der Waals surface area contributed by atoms with E-state index < -0.39 is 5.91 Å². The molecule has 0 aliphatic heterocycles. The number of terminal acetylenes is 1. The van der Waals surface area contributed by atoms with Crippen LogP contribution < -0.4 is 5.48 Å². The number of amides is 1. The first-order valence-corrected chi connectivity index (χ1v) is 3.43. The first-order chi connectivity index (χ1) is 6.19. The Hall–Kier alpha value is -1.99. The lowest BCUT2D eigenvalue weighted by atomic mass is 10.1. The molecule has 1 rings (SSSR count). The van der Waals surface area contributed by atoms with Crippen LogP contribution in [0.15, 0.2) is 18.2 Å². The fraction of sp³-hybridized carbons (Fsp3) is 0. The molecule has 66 valence electrons. The fourth-order valence-electron chi connectivity index (χ4n) is 0.874. The van der Waals surface area contributed by atoms with Crippen LogP contribution in [0.1, 0.15) is 15.9 Å². The standard InChI is InChI=1S/C9H7NO3/c1-2-6-3-4-7(8(11)5-6)9(12)10-13/h1,3-5,11,13H,(H,10,12). The number of carbonyl (C=O) groups is 1. The molecular weight excluding hydrogens is 170 g/mol. The Bertz CT molecular complexity index is 379. The smallest absolute Gasteiger partial charge is 0.278 e. The summed E-state index contributed by atoms with van der Waals surface area (Å²) in [5.74, 6) is 1.26. The largest absolute Gasteiger partial charge is 0.507 e. The van der Waals surface area contributed by atoms with Gasteiger partial charge in [-0.1, -0.05) is 5.92 Å². The van der Waals surface area contributed by atoms with E-state index in [-0.39, 0.29) is 11.3 Å². The SMILES string of the molecule is C#Cc1ccc(C(=O)NO)c(O)c1. The molecule has 0 atom stereocenters. The van der Waals surface area contributed by atoms with Gasteiger partial charge in [0.05, 0.1) is 5.56 Å². The van der Waals surface area contributed by atoms with Crippen LogP contribution in [0.25, 0.3) is 0 Å². The van der Waals surface area contributed by atoms with Crippen LogP contribution in [0.5, 0.6) is 5.75 Å². The van der Waals surface area contributed by atoms with E-state index >= 15 is 0 Å². The Morgan fingerprint density at radius 3 is 2.69 bits per heavy atom. The van der Waals surface area contributed by atoms with Crippen LogP contribution in [0.4, 0.5) is 0 Å². The third kappa shape index (κ3) is 1.78. The number of hydrogen-bond donors (Lipinski definition) is 3. The number of hydroxylamine groups is 1. The van der Waals surface area contributed by atoms with Crippen LogP contribution in [-0.2, 0) is 0 Å². The second kappa shape index (κ2) is 3.61. The van der Waals surface area contributed by atoms with Crippen LogP contribution in [0.2, 0.25) is 0 Å². The normalized spacial score (nSPS) is 8.92. The summed E-state index contributed by atoms with van der Waals surface area (Å²) in [4.78, 5) is 10.9. The topological polar surface area (TPSA) is 69.6 Å². The van der Waals surface area contributed by atoms with Gasteiger partial charge in [-0.25, -0.2) is 5.48 Å². The van der Waals surface area contributed by atoms with Gasteiger partial charge in [0.2, 0.25) is 0 Å². The van der Waals surface area contributed by atoms with E-state index in [2.05, 4.69) is 5.92 Å². The molecule has 0 unspecified atom stereocenters. The highest BCUT2D eigenvalue weighted by molar-refractivity contribution is 5.96. The Morgan fingerprint density at radius 2 is 2.23 bits per heavy atom. The Morgan fingerprint density at radius 1 is 1.54 bits per heavy atom. The Kier molecular flexibility index (Phi) is 2.52. The molecule has 0 fully saturated rings. The molecular formula is C9H7NO3. The zero-order valence-corrected chi connectivity index (χ0v) is 6.61. The number of benzene rings is 1. The molecule has 1 aromatic carbocycles. The third-order valence-electron chi connectivity index (χ3n) is 1.51. The molecule has 0 spiro atoms. The van der Waals surface area contributed by atoms with Crippen molar-refractivity contribution in [2.24, 2.45) is 0 Å². The second-order valence-corrected chi connectivity index (χ2v) is 2.32. The number of rotatable bonds is 1. The number of carbonyl (C=O) groups excluding carboxylic acids is 1. The van der Waals surface area contributed by atoms with E-state index in [1.807, 2.05) is 0 Å². The third-order valence-corrected chi connectivity index (χ3v) is 1.51. The van der Waals surface area contributed by atoms with Gasteiger partial charge in [-0.15, -0.1) is 6.42 Å². The van der Waals surface area contributed by atoms with E-state index in [4.69, 9.17) is 11.6 Å². The maximum Gasteiger partial charge on any atom is 0.278 e. The average molecular weight is 177 g/mol. The van der Waals surface area contributed by atoms with Gasteiger partial charge < -0.3 is 5.11 Å². The highest BCUT2D eigenvalue weighted by Crippen LogP contribution is 2.17.